The van der Waals surface area contributed by atoms with E-state index in [4.69, 9.17) is 0 Å². The number of hydrogen-bond acceptors (Lipinski definition) is 2. The van der Waals surface area contributed by atoms with Gasteiger partial charge in [0.1, 0.15) is 5.82 Å². The summed E-state index contributed by atoms with van der Waals surface area (Å²) in [5, 5.41) is 3.47. The van der Waals surface area contributed by atoms with E-state index >= 15 is 0 Å². The van der Waals surface area contributed by atoms with Gasteiger partial charge in [0, 0.05) is 19.5 Å². The lowest BCUT2D eigenvalue weighted by Crippen LogP contribution is -2.17. The molecule has 21 heavy (non-hydrogen) atoms. The van der Waals surface area contributed by atoms with Gasteiger partial charge in [-0.2, -0.15) is 0 Å². The lowest BCUT2D eigenvalue weighted by molar-refractivity contribution is 0.675. The molecule has 0 aliphatic carbocycles. The fraction of sp³-hybridized carbons (Fsp3) is 0.278. The third-order valence-corrected chi connectivity index (χ3v) is 3.67. The van der Waals surface area contributed by atoms with Crippen LogP contribution in [-0.4, -0.2) is 16.5 Å². The van der Waals surface area contributed by atoms with Crippen molar-refractivity contribution in [2.24, 2.45) is 0 Å². The molecule has 3 nitrogen and oxygen atoms in total. The minimum atomic E-state index is 0.902. The summed E-state index contributed by atoms with van der Waals surface area (Å²) in [4.78, 5) is 8.01. The summed E-state index contributed by atoms with van der Waals surface area (Å²) < 4.78 is 0. The van der Waals surface area contributed by atoms with E-state index in [0.717, 1.165) is 36.4 Å². The van der Waals surface area contributed by atoms with Crippen LogP contribution in [0, 0.1) is 13.8 Å². The van der Waals surface area contributed by atoms with E-state index in [1.165, 1.54) is 16.7 Å². The van der Waals surface area contributed by atoms with Crippen molar-refractivity contribution in [2.75, 3.05) is 6.54 Å². The molecule has 0 radical (unpaired) electrons. The fourth-order valence-electron chi connectivity index (χ4n) is 2.44. The molecule has 1 aromatic heterocycles. The normalized spacial score (nSPS) is 11.1. The second-order valence-electron chi connectivity index (χ2n) is 5.62. The quantitative estimate of drug-likeness (QED) is 0.702. The summed E-state index contributed by atoms with van der Waals surface area (Å²) in [6.07, 6.45) is 0.916. The number of benzene rings is 2. The largest absolute Gasteiger partial charge is 0.342 e. The molecule has 3 heteroatoms. The van der Waals surface area contributed by atoms with Gasteiger partial charge in [-0.1, -0.05) is 35.9 Å². The molecule has 2 aromatic carbocycles. The lowest BCUT2D eigenvalue weighted by Gasteiger charge is -2.04. The van der Waals surface area contributed by atoms with Crippen LogP contribution in [0.4, 0.5) is 0 Å². The number of nitrogens with one attached hydrogen (secondary N) is 2. The molecule has 0 aliphatic heterocycles. The van der Waals surface area contributed by atoms with Crippen LogP contribution >= 0.6 is 0 Å². The SMILES string of the molecule is Cc1ccc(CNCCc2nc3ccc(C)cc3[nH]2)cc1. The zero-order chi connectivity index (χ0) is 14.7. The van der Waals surface area contributed by atoms with E-state index in [9.17, 15) is 0 Å². The molecule has 0 bridgehead atoms. The van der Waals surface area contributed by atoms with Crippen LogP contribution in [0.5, 0.6) is 0 Å². The monoisotopic (exact) mass is 279 g/mol. The molecule has 2 N–H and O–H groups in total. The van der Waals surface area contributed by atoms with E-state index in [0.29, 0.717) is 0 Å². The smallest absolute Gasteiger partial charge is 0.108 e. The maximum Gasteiger partial charge on any atom is 0.108 e. The van der Waals surface area contributed by atoms with E-state index in [2.05, 4.69) is 71.6 Å². The minimum Gasteiger partial charge on any atom is -0.342 e. The summed E-state index contributed by atoms with van der Waals surface area (Å²) in [6, 6.07) is 15.0. The first-order valence-corrected chi connectivity index (χ1v) is 7.42. The van der Waals surface area contributed by atoms with Crippen molar-refractivity contribution in [3.8, 4) is 0 Å². The van der Waals surface area contributed by atoms with Gasteiger partial charge in [0.2, 0.25) is 0 Å². The Morgan fingerprint density at radius 1 is 1.00 bits per heavy atom. The lowest BCUT2D eigenvalue weighted by atomic mass is 10.1. The molecular weight excluding hydrogens is 258 g/mol. The number of rotatable bonds is 5. The van der Waals surface area contributed by atoms with Crippen LogP contribution in [0.2, 0.25) is 0 Å². The number of aromatic amines is 1. The van der Waals surface area contributed by atoms with E-state index < -0.39 is 0 Å². The average Bonchev–Trinajstić information content (AvgIpc) is 2.87. The maximum atomic E-state index is 4.61. The Morgan fingerprint density at radius 3 is 2.57 bits per heavy atom. The Kier molecular flexibility index (Phi) is 4.02. The summed E-state index contributed by atoms with van der Waals surface area (Å²) in [5.74, 6) is 1.05. The summed E-state index contributed by atoms with van der Waals surface area (Å²) >= 11 is 0. The van der Waals surface area contributed by atoms with Crippen molar-refractivity contribution in [2.45, 2.75) is 26.8 Å². The molecule has 0 aliphatic rings. The summed E-state index contributed by atoms with van der Waals surface area (Å²) in [6.45, 7) is 6.04. The van der Waals surface area contributed by atoms with Gasteiger partial charge in [0.15, 0.2) is 0 Å². The molecule has 0 fully saturated rings. The maximum absolute atomic E-state index is 4.61. The molecular formula is C18H21N3. The zero-order valence-electron chi connectivity index (χ0n) is 12.6. The third-order valence-electron chi connectivity index (χ3n) is 3.67. The second kappa shape index (κ2) is 6.10. The highest BCUT2D eigenvalue weighted by molar-refractivity contribution is 5.75. The van der Waals surface area contributed by atoms with Crippen LogP contribution in [0.1, 0.15) is 22.5 Å². The van der Waals surface area contributed by atoms with Crippen LogP contribution in [0.25, 0.3) is 11.0 Å². The van der Waals surface area contributed by atoms with E-state index in [-0.39, 0.29) is 0 Å². The molecule has 0 unspecified atom stereocenters. The van der Waals surface area contributed by atoms with E-state index in [1.54, 1.807) is 0 Å². The van der Waals surface area contributed by atoms with Crippen LogP contribution in [0.3, 0.4) is 0 Å². The van der Waals surface area contributed by atoms with Crippen molar-refractivity contribution < 1.29 is 0 Å². The number of hydrogen-bond donors (Lipinski definition) is 2. The molecule has 0 saturated heterocycles. The highest BCUT2D eigenvalue weighted by atomic mass is 14.9. The van der Waals surface area contributed by atoms with Gasteiger partial charge in [0.05, 0.1) is 11.0 Å². The van der Waals surface area contributed by atoms with Gasteiger partial charge in [-0.15, -0.1) is 0 Å². The van der Waals surface area contributed by atoms with Crippen LogP contribution < -0.4 is 5.32 Å². The molecule has 108 valence electrons. The fourth-order valence-corrected chi connectivity index (χ4v) is 2.44. The predicted molar refractivity (Wildman–Crippen MR) is 87.4 cm³/mol. The van der Waals surface area contributed by atoms with Gasteiger partial charge in [-0.3, -0.25) is 0 Å². The summed E-state index contributed by atoms with van der Waals surface area (Å²) in [7, 11) is 0. The Morgan fingerprint density at radius 2 is 1.76 bits per heavy atom. The zero-order valence-corrected chi connectivity index (χ0v) is 12.6. The van der Waals surface area contributed by atoms with Crippen molar-refractivity contribution in [1.82, 2.24) is 15.3 Å². The van der Waals surface area contributed by atoms with Crippen LogP contribution in [0.15, 0.2) is 42.5 Å². The minimum absolute atomic E-state index is 0.902. The highest BCUT2D eigenvalue weighted by Crippen LogP contribution is 2.13. The molecule has 0 saturated carbocycles. The predicted octanol–water partition coefficient (Wildman–Crippen LogP) is 3.51. The van der Waals surface area contributed by atoms with Crippen molar-refractivity contribution in [1.29, 1.82) is 0 Å². The first kappa shape index (κ1) is 13.8. The number of imidazole rings is 1. The van der Waals surface area contributed by atoms with E-state index in [1.807, 2.05) is 0 Å². The Balaban J connectivity index is 1.53. The first-order chi connectivity index (χ1) is 10.2. The van der Waals surface area contributed by atoms with Crippen molar-refractivity contribution in [3.05, 3.63) is 65.0 Å². The Bertz CT molecular complexity index is 726. The van der Waals surface area contributed by atoms with Gasteiger partial charge >= 0.3 is 0 Å². The molecule has 3 aromatic rings. The highest BCUT2D eigenvalue weighted by Gasteiger charge is 2.02. The second-order valence-corrected chi connectivity index (χ2v) is 5.62. The topological polar surface area (TPSA) is 40.7 Å². The number of aromatic nitrogens is 2. The van der Waals surface area contributed by atoms with Gasteiger partial charge in [-0.05, 0) is 37.1 Å². The van der Waals surface area contributed by atoms with Gasteiger partial charge < -0.3 is 10.3 Å². The first-order valence-electron chi connectivity index (χ1n) is 7.42. The number of aryl methyl sites for hydroxylation is 2. The molecule has 0 atom stereocenters. The number of H-pyrrole nitrogens is 1. The number of nitrogens with zero attached hydrogens (tertiary/aromatic N) is 1. The van der Waals surface area contributed by atoms with Crippen LogP contribution in [-0.2, 0) is 13.0 Å². The Hall–Kier alpha value is -2.13. The average molecular weight is 279 g/mol. The van der Waals surface area contributed by atoms with Gasteiger partial charge in [-0.25, -0.2) is 4.98 Å². The molecule has 1 heterocycles. The van der Waals surface area contributed by atoms with Gasteiger partial charge in [0.25, 0.3) is 0 Å². The Labute approximate surface area is 125 Å². The van der Waals surface area contributed by atoms with Crippen molar-refractivity contribution in [3.63, 3.8) is 0 Å². The van der Waals surface area contributed by atoms with Crippen molar-refractivity contribution >= 4 is 11.0 Å². The standard InChI is InChI=1S/C18H21N3/c1-13-3-6-15(7-4-13)12-19-10-9-18-20-16-8-5-14(2)11-17(16)21-18/h3-8,11,19H,9-10,12H2,1-2H3,(H,20,21). The number of fused-ring (bicyclic) bond motifs is 1. The molecule has 3 rings (SSSR count). The third kappa shape index (κ3) is 3.50. The summed E-state index contributed by atoms with van der Waals surface area (Å²) in [5.41, 5.74) is 6.06. The molecule has 0 amide bonds. The molecule has 0 spiro atoms.